The van der Waals surface area contributed by atoms with E-state index in [-0.39, 0.29) is 5.75 Å². The Hall–Kier alpha value is -4.33. The zero-order valence-electron chi connectivity index (χ0n) is 29.9. The number of hydrogen-bond donors (Lipinski definition) is 0. The molecule has 27 heteroatoms. The molecule has 0 N–H and O–H groups in total. The Labute approximate surface area is 328 Å². The van der Waals surface area contributed by atoms with Crippen LogP contribution in [0.2, 0.25) is 0 Å². The van der Waals surface area contributed by atoms with E-state index in [2.05, 4.69) is 0 Å². The van der Waals surface area contributed by atoms with Crippen molar-refractivity contribution in [2.75, 3.05) is 0 Å². The summed E-state index contributed by atoms with van der Waals surface area (Å²) in [5, 5.41) is 0. The van der Waals surface area contributed by atoms with Gasteiger partial charge in [0.15, 0.2) is 0 Å². The van der Waals surface area contributed by atoms with Crippen molar-refractivity contribution in [1.82, 2.24) is 0 Å². The summed E-state index contributed by atoms with van der Waals surface area (Å²) in [5.74, 6) is -94.7. The van der Waals surface area contributed by atoms with Gasteiger partial charge in [-0.3, -0.25) is 0 Å². The normalized spacial score (nSPS) is 15.4. The molecule has 0 spiro atoms. The van der Waals surface area contributed by atoms with Gasteiger partial charge in [-0.25, -0.2) is 4.79 Å². The molecule has 0 atom stereocenters. The summed E-state index contributed by atoms with van der Waals surface area (Å²) in [4.78, 5) is 11.5. The van der Waals surface area contributed by atoms with Crippen molar-refractivity contribution in [2.24, 2.45) is 0 Å². The molecule has 3 aromatic carbocycles. The summed E-state index contributed by atoms with van der Waals surface area (Å²) >= 11 is 0. The third-order valence-electron chi connectivity index (χ3n) is 8.09. The average Bonchev–Trinajstić information content (AvgIpc) is 3.13. The maximum absolute atomic E-state index is 15.4. The van der Waals surface area contributed by atoms with E-state index in [4.69, 9.17) is 8.92 Å². The minimum Gasteiger partial charge on any atom is -0.488 e. The van der Waals surface area contributed by atoms with Crippen LogP contribution >= 0.6 is 10.3 Å². The fraction of sp³-hybridized carbons (Fsp3) is 0.441. The lowest BCUT2D eigenvalue weighted by Crippen LogP contribution is -2.78. The second-order valence-corrected chi connectivity index (χ2v) is 16.2. The first-order valence-corrected chi connectivity index (χ1v) is 17.4. The monoisotopic (exact) mass is 948 g/mol. The predicted molar refractivity (Wildman–Crippen MR) is 164 cm³/mol. The van der Waals surface area contributed by atoms with Gasteiger partial charge in [0.05, 0.1) is 0 Å². The summed E-state index contributed by atoms with van der Waals surface area (Å²) in [6.07, 6.45) is -8.17. The van der Waals surface area contributed by atoms with Gasteiger partial charge in [0.25, 0.3) is 0 Å². The molecule has 0 saturated carbocycles. The quantitative estimate of drug-likeness (QED) is 0.142. The van der Waals surface area contributed by atoms with Crippen LogP contribution in [0, 0.1) is 0 Å². The van der Waals surface area contributed by atoms with Gasteiger partial charge in [0, 0.05) is 14.7 Å². The second-order valence-electron chi connectivity index (χ2n) is 13.5. The van der Waals surface area contributed by atoms with E-state index in [9.17, 15) is 88.2 Å². The lowest BCUT2D eigenvalue weighted by molar-refractivity contribution is -0.477. The molecule has 0 bridgehead atoms. The van der Waals surface area contributed by atoms with E-state index in [1.165, 1.54) is 32.9 Å². The van der Waals surface area contributed by atoms with Crippen molar-refractivity contribution in [3.05, 3.63) is 84.9 Å². The molecule has 0 saturated heterocycles. The molecular weight excluding hydrogens is 925 g/mol. The van der Waals surface area contributed by atoms with Crippen LogP contribution in [0.4, 0.5) is 101 Å². The maximum Gasteiger partial charge on any atom is 0.460 e. The minimum atomic E-state index is -9.57. The summed E-state index contributed by atoms with van der Waals surface area (Å²) in [6, 6.07) is 14.4. The van der Waals surface area contributed by atoms with Crippen molar-refractivity contribution < 1.29 is 115 Å². The zero-order valence-corrected chi connectivity index (χ0v) is 30.7. The van der Waals surface area contributed by atoms with Crippen LogP contribution in [0.5, 0.6) is 5.75 Å². The fourth-order valence-electron chi connectivity index (χ4n) is 4.88. The molecule has 0 amide bonds. The third kappa shape index (κ3) is 7.56. The molecule has 0 aliphatic carbocycles. The molecule has 0 aromatic heterocycles. The molecule has 0 unspecified atom stereocenters. The number of ether oxygens (including phenoxy) is 1. The molecular formula is C34H23F23O3S. The molecule has 61 heavy (non-hydrogen) atoms. The SMILES string of the molecule is CC(C)(C)Oc1ccc(S(OC(=O)C(F)(F)C(F)(F)C(F)(F)C(F)(F)C(F)(F)C(F)(F)C(F)(F)C(F)(F)C(F)(F)C(F)(F)C(F)(F)F)(c2ccccc2)c2ccccc2)cc1. The molecule has 0 radical (unpaired) electrons. The topological polar surface area (TPSA) is 35.5 Å². The Balaban J connectivity index is 2.25. The van der Waals surface area contributed by atoms with Crippen molar-refractivity contribution in [1.29, 1.82) is 0 Å². The molecule has 3 aromatic rings. The molecule has 3 nitrogen and oxygen atoms in total. The van der Waals surface area contributed by atoms with Crippen LogP contribution in [-0.2, 0) is 8.98 Å². The van der Waals surface area contributed by atoms with Gasteiger partial charge >= 0.3 is 71.4 Å². The molecule has 344 valence electrons. The second kappa shape index (κ2) is 15.2. The van der Waals surface area contributed by atoms with Gasteiger partial charge in [-0.05, 0) is 79.6 Å². The highest BCUT2D eigenvalue weighted by Gasteiger charge is 2.99. The number of carbonyl (C=O) groups is 1. The number of carbonyl (C=O) groups excluding carboxylic acids is 1. The lowest BCUT2D eigenvalue weighted by atomic mass is 9.85. The Kier molecular flexibility index (Phi) is 12.7. The van der Waals surface area contributed by atoms with E-state index in [1.54, 1.807) is 0 Å². The van der Waals surface area contributed by atoms with Crippen molar-refractivity contribution in [3.63, 3.8) is 0 Å². The van der Waals surface area contributed by atoms with Gasteiger partial charge in [-0.15, -0.1) is 0 Å². The van der Waals surface area contributed by atoms with E-state index in [1.807, 2.05) is 0 Å². The van der Waals surface area contributed by atoms with Crippen molar-refractivity contribution in [3.8, 4) is 5.75 Å². The van der Waals surface area contributed by atoms with Gasteiger partial charge < -0.3 is 8.92 Å². The van der Waals surface area contributed by atoms with E-state index < -0.39 is 102 Å². The van der Waals surface area contributed by atoms with Gasteiger partial charge in [0.1, 0.15) is 11.4 Å². The van der Waals surface area contributed by atoms with Gasteiger partial charge in [-0.1, -0.05) is 36.4 Å². The summed E-state index contributed by atoms with van der Waals surface area (Å²) in [7, 11) is -4.45. The standard InChI is InChI=1S/C34H23F23O3S/c1-23(2,3)59-18-14-16-21(17-15-18)61(19-10-6-4-7-11-19,20-12-8-5-9-13-20)60-22(58)24(35,36)25(37,38)26(39,40)27(41,42)28(43,44)29(45,46)30(47,48)31(49,50)32(51,52)33(53,54)34(55,56)57/h4-17H,1-3H3. The highest BCUT2D eigenvalue weighted by Crippen LogP contribution is 2.71. The molecule has 0 heterocycles. The zero-order chi connectivity index (χ0) is 47.7. The molecule has 0 aliphatic rings. The lowest BCUT2D eigenvalue weighted by Gasteiger charge is -2.45. The first-order valence-electron chi connectivity index (χ1n) is 15.8. The first-order chi connectivity index (χ1) is 27.0. The number of halogens is 23. The van der Waals surface area contributed by atoms with E-state index >= 15 is 17.6 Å². The number of alkyl halides is 23. The van der Waals surface area contributed by atoms with Crippen molar-refractivity contribution in [2.45, 2.75) is 106 Å². The van der Waals surface area contributed by atoms with Crippen LogP contribution in [0.15, 0.2) is 99.6 Å². The Bertz CT molecular complexity index is 1970. The van der Waals surface area contributed by atoms with Crippen LogP contribution in [-0.4, -0.2) is 77.0 Å². The first kappa shape index (κ1) is 51.0. The van der Waals surface area contributed by atoms with Crippen molar-refractivity contribution >= 4 is 16.3 Å². The Morgan fingerprint density at radius 2 is 0.672 bits per heavy atom. The minimum absolute atomic E-state index is 0.0328. The Morgan fingerprint density at radius 3 is 0.967 bits per heavy atom. The van der Waals surface area contributed by atoms with E-state index in [0.717, 1.165) is 72.8 Å². The summed E-state index contributed by atoms with van der Waals surface area (Å²) in [5.41, 5.74) is -0.942. The maximum atomic E-state index is 15.4. The summed E-state index contributed by atoms with van der Waals surface area (Å²) < 4.78 is 334. The van der Waals surface area contributed by atoms with Crippen LogP contribution in [0.1, 0.15) is 20.8 Å². The highest BCUT2D eigenvalue weighted by molar-refractivity contribution is 8.30. The fourth-order valence-corrected chi connectivity index (χ4v) is 7.92. The van der Waals surface area contributed by atoms with Crippen LogP contribution in [0.25, 0.3) is 0 Å². The van der Waals surface area contributed by atoms with Gasteiger partial charge in [0.2, 0.25) is 0 Å². The number of rotatable bonds is 15. The highest BCUT2D eigenvalue weighted by atomic mass is 32.3. The van der Waals surface area contributed by atoms with Crippen LogP contribution < -0.4 is 4.74 Å². The third-order valence-corrected chi connectivity index (χ3v) is 11.3. The average molecular weight is 949 g/mol. The molecule has 0 fully saturated rings. The molecule has 0 aliphatic heterocycles. The van der Waals surface area contributed by atoms with Crippen LogP contribution in [0.3, 0.4) is 0 Å². The number of benzene rings is 3. The van der Waals surface area contributed by atoms with E-state index in [0.29, 0.717) is 0 Å². The molecule has 3 rings (SSSR count). The smallest absolute Gasteiger partial charge is 0.460 e. The van der Waals surface area contributed by atoms with Gasteiger partial charge in [-0.2, -0.15) is 101 Å². The Morgan fingerprint density at radius 1 is 0.393 bits per heavy atom. The summed E-state index contributed by atoms with van der Waals surface area (Å²) in [6.45, 7) is 4.59. The number of hydrogen-bond acceptors (Lipinski definition) is 3. The predicted octanol–water partition coefficient (Wildman–Crippen LogP) is 13.5. The largest absolute Gasteiger partial charge is 0.488 e.